The Kier molecular flexibility index (Phi) is 3.99. The van der Waals surface area contributed by atoms with Gasteiger partial charge in [-0.3, -0.25) is 0 Å². The molecular formula is C13H7ClF4O2S. The van der Waals surface area contributed by atoms with Crippen molar-refractivity contribution >= 4 is 21.4 Å². The van der Waals surface area contributed by atoms with E-state index in [4.69, 9.17) is 11.6 Å². The zero-order chi connectivity index (χ0) is 15.8. The van der Waals surface area contributed by atoms with E-state index in [9.17, 15) is 26.0 Å². The molecule has 0 saturated carbocycles. The minimum absolute atomic E-state index is 0.0136. The summed E-state index contributed by atoms with van der Waals surface area (Å²) in [4.78, 5) is -0.931. The molecule has 0 aliphatic heterocycles. The summed E-state index contributed by atoms with van der Waals surface area (Å²) >= 11 is 5.50. The highest BCUT2D eigenvalue weighted by Crippen LogP contribution is 2.36. The van der Waals surface area contributed by atoms with Crippen molar-refractivity contribution in [3.8, 4) is 11.1 Å². The number of rotatable bonds is 2. The number of halogens is 5. The molecule has 2 aromatic carbocycles. The highest BCUT2D eigenvalue weighted by Gasteiger charge is 2.47. The second-order valence-corrected chi connectivity index (χ2v) is 6.39. The smallest absolute Gasteiger partial charge is 0.214 e. The van der Waals surface area contributed by atoms with Gasteiger partial charge in [0.05, 0.1) is 9.92 Å². The summed E-state index contributed by atoms with van der Waals surface area (Å²) in [6.07, 6.45) is 0. The van der Waals surface area contributed by atoms with Crippen molar-refractivity contribution in [1.29, 1.82) is 0 Å². The third-order valence-electron chi connectivity index (χ3n) is 2.71. The third-order valence-corrected chi connectivity index (χ3v) is 4.56. The van der Waals surface area contributed by atoms with Gasteiger partial charge in [-0.15, -0.1) is 0 Å². The third kappa shape index (κ3) is 2.89. The first kappa shape index (κ1) is 15.8. The standard InChI is InChI=1S/C13H7ClF4O2S/c14-10-6-5-8(7-11(10)15)9-3-1-2-4-12(9)21(19,20)13(16,17)18/h1-7H. The van der Waals surface area contributed by atoms with Gasteiger partial charge in [0, 0.05) is 5.56 Å². The zero-order valence-corrected chi connectivity index (χ0v) is 11.7. The Morgan fingerprint density at radius 2 is 1.62 bits per heavy atom. The van der Waals surface area contributed by atoms with Gasteiger partial charge in [0.1, 0.15) is 5.82 Å². The molecule has 0 unspecified atom stereocenters. The fourth-order valence-corrected chi connectivity index (χ4v) is 2.83. The summed E-state index contributed by atoms with van der Waals surface area (Å²) in [5.74, 6) is -0.853. The molecule has 0 spiro atoms. The van der Waals surface area contributed by atoms with Crippen molar-refractivity contribution in [3.05, 3.63) is 53.3 Å². The van der Waals surface area contributed by atoms with Gasteiger partial charge in [0.25, 0.3) is 9.84 Å². The van der Waals surface area contributed by atoms with Gasteiger partial charge in [-0.05, 0) is 23.8 Å². The van der Waals surface area contributed by atoms with Crippen LogP contribution in [0, 0.1) is 5.82 Å². The molecule has 8 heteroatoms. The Labute approximate surface area is 122 Å². The largest absolute Gasteiger partial charge is 0.501 e. The summed E-state index contributed by atoms with van der Waals surface area (Å²) in [6.45, 7) is 0. The molecule has 0 bridgehead atoms. The maximum absolute atomic E-state index is 13.4. The quantitative estimate of drug-likeness (QED) is 0.759. The first-order chi connectivity index (χ1) is 9.64. The van der Waals surface area contributed by atoms with Crippen LogP contribution in [0.3, 0.4) is 0 Å². The topological polar surface area (TPSA) is 34.1 Å². The molecule has 0 aliphatic rings. The molecule has 2 aromatic rings. The maximum atomic E-state index is 13.4. The Bertz CT molecular complexity index is 785. The van der Waals surface area contributed by atoms with Gasteiger partial charge < -0.3 is 0 Å². The normalized spacial score (nSPS) is 12.4. The summed E-state index contributed by atoms with van der Waals surface area (Å²) in [7, 11) is -5.53. The van der Waals surface area contributed by atoms with Crippen molar-refractivity contribution in [1.82, 2.24) is 0 Å². The maximum Gasteiger partial charge on any atom is 0.501 e. The second-order valence-electron chi connectivity index (χ2n) is 4.07. The highest BCUT2D eigenvalue weighted by molar-refractivity contribution is 7.92. The van der Waals surface area contributed by atoms with Gasteiger partial charge in [-0.2, -0.15) is 13.2 Å². The Balaban J connectivity index is 2.70. The van der Waals surface area contributed by atoms with Crippen LogP contribution in [0.5, 0.6) is 0 Å². The van der Waals surface area contributed by atoms with Crippen molar-refractivity contribution in [2.45, 2.75) is 10.4 Å². The van der Waals surface area contributed by atoms with Crippen LogP contribution in [0.15, 0.2) is 47.4 Å². The molecule has 0 radical (unpaired) electrons. The van der Waals surface area contributed by atoms with Crippen LogP contribution in [-0.2, 0) is 9.84 Å². The molecule has 0 fully saturated rings. The second kappa shape index (κ2) is 5.31. The molecule has 112 valence electrons. The number of hydrogen-bond acceptors (Lipinski definition) is 2. The fourth-order valence-electron chi connectivity index (χ4n) is 1.73. The first-order valence-corrected chi connectivity index (χ1v) is 7.36. The minimum Gasteiger partial charge on any atom is -0.214 e. The van der Waals surface area contributed by atoms with Crippen molar-refractivity contribution < 1.29 is 26.0 Å². The molecule has 0 amide bonds. The van der Waals surface area contributed by atoms with Crippen molar-refractivity contribution in [2.75, 3.05) is 0 Å². The van der Waals surface area contributed by atoms with E-state index in [1.54, 1.807) is 0 Å². The van der Waals surface area contributed by atoms with Crippen LogP contribution < -0.4 is 0 Å². The van der Waals surface area contributed by atoms with E-state index >= 15 is 0 Å². The minimum atomic E-state index is -5.53. The summed E-state index contributed by atoms with van der Waals surface area (Å²) < 4.78 is 74.6. The number of hydrogen-bond donors (Lipinski definition) is 0. The van der Waals surface area contributed by atoms with Gasteiger partial charge in [-0.1, -0.05) is 35.9 Å². The van der Waals surface area contributed by atoms with E-state index in [-0.39, 0.29) is 16.1 Å². The van der Waals surface area contributed by atoms with E-state index in [2.05, 4.69) is 0 Å². The molecule has 0 aliphatic carbocycles. The van der Waals surface area contributed by atoms with Crippen LogP contribution in [0.2, 0.25) is 5.02 Å². The lowest BCUT2D eigenvalue weighted by Gasteiger charge is -2.13. The van der Waals surface area contributed by atoms with Crippen LogP contribution in [0.1, 0.15) is 0 Å². The lowest BCUT2D eigenvalue weighted by atomic mass is 10.1. The van der Waals surface area contributed by atoms with E-state index in [0.29, 0.717) is 0 Å². The number of sulfone groups is 1. The van der Waals surface area contributed by atoms with Gasteiger partial charge in [0.15, 0.2) is 0 Å². The van der Waals surface area contributed by atoms with Gasteiger partial charge >= 0.3 is 5.51 Å². The summed E-state index contributed by atoms with van der Waals surface area (Å²) in [5.41, 5.74) is -5.70. The molecule has 0 aromatic heterocycles. The monoisotopic (exact) mass is 338 g/mol. The van der Waals surface area contributed by atoms with Crippen LogP contribution >= 0.6 is 11.6 Å². The fraction of sp³-hybridized carbons (Fsp3) is 0.0769. The molecule has 2 nitrogen and oxygen atoms in total. The van der Waals surface area contributed by atoms with Crippen LogP contribution in [0.25, 0.3) is 11.1 Å². The van der Waals surface area contributed by atoms with Gasteiger partial charge in [-0.25, -0.2) is 12.8 Å². The Hall–Kier alpha value is -1.60. The lowest BCUT2D eigenvalue weighted by Crippen LogP contribution is -2.23. The predicted molar refractivity (Wildman–Crippen MR) is 70.1 cm³/mol. The molecule has 0 heterocycles. The zero-order valence-electron chi connectivity index (χ0n) is 10.2. The van der Waals surface area contributed by atoms with Crippen molar-refractivity contribution in [3.63, 3.8) is 0 Å². The Morgan fingerprint density at radius 3 is 2.19 bits per heavy atom. The molecule has 21 heavy (non-hydrogen) atoms. The average Bonchev–Trinajstić information content (AvgIpc) is 2.40. The summed E-state index contributed by atoms with van der Waals surface area (Å²) in [6, 6.07) is 7.78. The molecular weight excluding hydrogens is 332 g/mol. The van der Waals surface area contributed by atoms with E-state index in [1.807, 2.05) is 0 Å². The first-order valence-electron chi connectivity index (χ1n) is 5.50. The molecule has 2 rings (SSSR count). The molecule has 0 atom stereocenters. The SMILES string of the molecule is O=S(=O)(c1ccccc1-c1ccc(Cl)c(F)c1)C(F)(F)F. The number of benzene rings is 2. The highest BCUT2D eigenvalue weighted by atomic mass is 35.5. The predicted octanol–water partition coefficient (Wildman–Crippen LogP) is 4.44. The van der Waals surface area contributed by atoms with E-state index < -0.39 is 26.1 Å². The van der Waals surface area contributed by atoms with E-state index in [0.717, 1.165) is 24.3 Å². The van der Waals surface area contributed by atoms with Crippen LogP contribution in [0.4, 0.5) is 17.6 Å². The number of alkyl halides is 3. The summed E-state index contributed by atoms with van der Waals surface area (Å²) in [5, 5.41) is -0.213. The van der Waals surface area contributed by atoms with Crippen LogP contribution in [-0.4, -0.2) is 13.9 Å². The Morgan fingerprint density at radius 1 is 1.00 bits per heavy atom. The average molecular weight is 339 g/mol. The lowest BCUT2D eigenvalue weighted by molar-refractivity contribution is -0.0435. The van der Waals surface area contributed by atoms with Gasteiger partial charge in [0.2, 0.25) is 0 Å². The molecule has 0 saturated heterocycles. The van der Waals surface area contributed by atoms with Crippen molar-refractivity contribution in [2.24, 2.45) is 0 Å². The van der Waals surface area contributed by atoms with E-state index in [1.165, 1.54) is 18.2 Å². The molecule has 0 N–H and O–H groups in total.